The summed E-state index contributed by atoms with van der Waals surface area (Å²) in [5, 5.41) is 8.70. The minimum atomic E-state index is -1.69. The van der Waals surface area contributed by atoms with Crippen molar-refractivity contribution >= 4 is 5.57 Å². The SMILES string of the molecule is N#Cc1ccc(C(Cc2ccccc2)=C(F)F)cc1. The van der Waals surface area contributed by atoms with Crippen molar-refractivity contribution < 1.29 is 8.78 Å². The highest BCUT2D eigenvalue weighted by Crippen LogP contribution is 2.25. The second-order valence-electron chi connectivity index (χ2n) is 4.09. The molecule has 0 saturated heterocycles. The summed E-state index contributed by atoms with van der Waals surface area (Å²) in [6.07, 6.45) is -1.51. The van der Waals surface area contributed by atoms with Gasteiger partial charge in [-0.25, -0.2) is 0 Å². The Kier molecular flexibility index (Phi) is 4.04. The highest BCUT2D eigenvalue weighted by atomic mass is 19.3. The Morgan fingerprint density at radius 1 is 0.947 bits per heavy atom. The lowest BCUT2D eigenvalue weighted by Gasteiger charge is -2.07. The van der Waals surface area contributed by atoms with Gasteiger partial charge in [0, 0.05) is 12.0 Å². The number of nitrogens with zero attached hydrogens (tertiary/aromatic N) is 1. The summed E-state index contributed by atoms with van der Waals surface area (Å²) in [4.78, 5) is 0. The van der Waals surface area contributed by atoms with Crippen molar-refractivity contribution in [1.82, 2.24) is 0 Å². The van der Waals surface area contributed by atoms with Gasteiger partial charge in [0.25, 0.3) is 6.08 Å². The first-order valence-electron chi connectivity index (χ1n) is 5.79. The van der Waals surface area contributed by atoms with E-state index in [4.69, 9.17) is 5.26 Å². The van der Waals surface area contributed by atoms with E-state index in [1.165, 1.54) is 0 Å². The summed E-state index contributed by atoms with van der Waals surface area (Å²) >= 11 is 0. The maximum Gasteiger partial charge on any atom is 0.274 e. The lowest BCUT2D eigenvalue weighted by Crippen LogP contribution is -1.92. The lowest BCUT2D eigenvalue weighted by atomic mass is 9.98. The van der Waals surface area contributed by atoms with Gasteiger partial charge in [-0.1, -0.05) is 42.5 Å². The summed E-state index contributed by atoms with van der Waals surface area (Å²) in [5.74, 6) is 0. The average Bonchev–Trinajstić information content (AvgIpc) is 2.46. The molecule has 0 unspecified atom stereocenters. The Morgan fingerprint density at radius 2 is 1.58 bits per heavy atom. The van der Waals surface area contributed by atoms with Crippen molar-refractivity contribution in [3.05, 3.63) is 77.4 Å². The van der Waals surface area contributed by atoms with E-state index in [1.54, 1.807) is 24.3 Å². The molecule has 94 valence electrons. The van der Waals surface area contributed by atoms with Crippen LogP contribution >= 0.6 is 0 Å². The highest BCUT2D eigenvalue weighted by molar-refractivity contribution is 5.68. The van der Waals surface area contributed by atoms with Gasteiger partial charge in [-0.05, 0) is 23.3 Å². The molecule has 0 spiro atoms. The van der Waals surface area contributed by atoms with Gasteiger partial charge in [-0.2, -0.15) is 14.0 Å². The van der Waals surface area contributed by atoms with Crippen molar-refractivity contribution in [3.8, 4) is 6.07 Å². The van der Waals surface area contributed by atoms with E-state index in [1.807, 2.05) is 36.4 Å². The molecular formula is C16H11F2N. The third-order valence-electron chi connectivity index (χ3n) is 2.81. The van der Waals surface area contributed by atoms with Gasteiger partial charge in [-0.15, -0.1) is 0 Å². The Labute approximate surface area is 110 Å². The molecule has 0 N–H and O–H groups in total. The van der Waals surface area contributed by atoms with E-state index in [9.17, 15) is 8.78 Å². The Balaban J connectivity index is 2.32. The molecular weight excluding hydrogens is 244 g/mol. The maximum absolute atomic E-state index is 13.1. The molecule has 19 heavy (non-hydrogen) atoms. The van der Waals surface area contributed by atoms with E-state index in [0.29, 0.717) is 11.1 Å². The Hall–Kier alpha value is -2.47. The van der Waals surface area contributed by atoms with Crippen LogP contribution in [0.1, 0.15) is 16.7 Å². The van der Waals surface area contributed by atoms with E-state index in [-0.39, 0.29) is 12.0 Å². The fourth-order valence-corrected chi connectivity index (χ4v) is 1.82. The van der Waals surface area contributed by atoms with E-state index in [2.05, 4.69) is 0 Å². The third kappa shape index (κ3) is 3.26. The topological polar surface area (TPSA) is 23.8 Å². The van der Waals surface area contributed by atoms with Crippen molar-refractivity contribution in [2.75, 3.05) is 0 Å². The van der Waals surface area contributed by atoms with Crippen LogP contribution in [-0.2, 0) is 6.42 Å². The molecule has 1 nitrogen and oxygen atoms in total. The quantitative estimate of drug-likeness (QED) is 0.797. The van der Waals surface area contributed by atoms with Crippen molar-refractivity contribution in [1.29, 1.82) is 5.26 Å². The van der Waals surface area contributed by atoms with Gasteiger partial charge in [0.2, 0.25) is 0 Å². The van der Waals surface area contributed by atoms with E-state index >= 15 is 0 Å². The summed E-state index contributed by atoms with van der Waals surface area (Å²) in [6, 6.07) is 17.3. The highest BCUT2D eigenvalue weighted by Gasteiger charge is 2.10. The number of benzene rings is 2. The number of allylic oxidation sites excluding steroid dienone is 1. The molecule has 0 amide bonds. The van der Waals surface area contributed by atoms with Crippen LogP contribution in [0.2, 0.25) is 0 Å². The smallest absolute Gasteiger partial charge is 0.192 e. The van der Waals surface area contributed by atoms with Crippen LogP contribution in [0.5, 0.6) is 0 Å². The molecule has 0 saturated carbocycles. The van der Waals surface area contributed by atoms with Gasteiger partial charge in [0.05, 0.1) is 11.6 Å². The molecule has 0 fully saturated rings. The van der Waals surface area contributed by atoms with Crippen molar-refractivity contribution in [2.24, 2.45) is 0 Å². The number of nitriles is 1. The van der Waals surface area contributed by atoms with Crippen LogP contribution in [-0.4, -0.2) is 0 Å². The van der Waals surface area contributed by atoms with Crippen LogP contribution in [0.3, 0.4) is 0 Å². The molecule has 0 aliphatic rings. The molecule has 2 aromatic carbocycles. The average molecular weight is 255 g/mol. The van der Waals surface area contributed by atoms with Crippen LogP contribution in [0, 0.1) is 11.3 Å². The van der Waals surface area contributed by atoms with Gasteiger partial charge in [-0.3, -0.25) is 0 Å². The lowest BCUT2D eigenvalue weighted by molar-refractivity contribution is 0.424. The number of hydrogen-bond donors (Lipinski definition) is 0. The first-order valence-corrected chi connectivity index (χ1v) is 5.79. The monoisotopic (exact) mass is 255 g/mol. The zero-order valence-corrected chi connectivity index (χ0v) is 10.1. The van der Waals surface area contributed by atoms with Crippen LogP contribution < -0.4 is 0 Å². The predicted octanol–water partition coefficient (Wildman–Crippen LogP) is 4.41. The van der Waals surface area contributed by atoms with Gasteiger partial charge < -0.3 is 0 Å². The molecule has 3 heteroatoms. The van der Waals surface area contributed by atoms with E-state index < -0.39 is 6.08 Å². The van der Waals surface area contributed by atoms with Gasteiger partial charge in [0.15, 0.2) is 0 Å². The van der Waals surface area contributed by atoms with Crippen LogP contribution in [0.15, 0.2) is 60.7 Å². The molecule has 0 atom stereocenters. The molecule has 0 radical (unpaired) electrons. The van der Waals surface area contributed by atoms with Crippen LogP contribution in [0.25, 0.3) is 5.57 Å². The van der Waals surface area contributed by atoms with Gasteiger partial charge >= 0.3 is 0 Å². The molecule has 0 heterocycles. The van der Waals surface area contributed by atoms with Crippen molar-refractivity contribution in [2.45, 2.75) is 6.42 Å². The van der Waals surface area contributed by atoms with Crippen LogP contribution in [0.4, 0.5) is 8.78 Å². The number of rotatable bonds is 3. The normalized spacial score (nSPS) is 9.74. The van der Waals surface area contributed by atoms with Crippen molar-refractivity contribution in [3.63, 3.8) is 0 Å². The largest absolute Gasteiger partial charge is 0.274 e. The second kappa shape index (κ2) is 5.92. The third-order valence-corrected chi connectivity index (χ3v) is 2.81. The fraction of sp³-hybridized carbons (Fsp3) is 0.0625. The molecule has 0 aliphatic heterocycles. The molecule has 2 aromatic rings. The standard InChI is InChI=1S/C16H11F2N/c17-16(18)15(10-12-4-2-1-3-5-12)14-8-6-13(11-19)7-9-14/h1-9H,10H2. The first-order chi connectivity index (χ1) is 9.20. The Morgan fingerprint density at radius 3 is 2.11 bits per heavy atom. The zero-order chi connectivity index (χ0) is 13.7. The maximum atomic E-state index is 13.1. The minimum absolute atomic E-state index is 0.00399. The minimum Gasteiger partial charge on any atom is -0.192 e. The molecule has 0 aliphatic carbocycles. The first kappa shape index (κ1) is 13.0. The molecule has 0 aromatic heterocycles. The number of halogens is 2. The zero-order valence-electron chi connectivity index (χ0n) is 10.1. The Bertz CT molecular complexity index is 618. The molecule has 2 rings (SSSR count). The van der Waals surface area contributed by atoms with Gasteiger partial charge in [0.1, 0.15) is 0 Å². The number of hydrogen-bond acceptors (Lipinski definition) is 1. The fourth-order valence-electron chi connectivity index (χ4n) is 1.82. The summed E-state index contributed by atoms with van der Waals surface area (Å²) in [5.41, 5.74) is 1.73. The second-order valence-corrected chi connectivity index (χ2v) is 4.09. The summed E-state index contributed by atoms with van der Waals surface area (Å²) in [7, 11) is 0. The molecule has 0 bridgehead atoms. The van der Waals surface area contributed by atoms with E-state index in [0.717, 1.165) is 5.56 Å². The predicted molar refractivity (Wildman–Crippen MR) is 70.4 cm³/mol. The summed E-state index contributed by atoms with van der Waals surface area (Å²) in [6.45, 7) is 0. The summed E-state index contributed by atoms with van der Waals surface area (Å²) < 4.78 is 26.1.